The van der Waals surface area contributed by atoms with Crippen molar-refractivity contribution in [3.05, 3.63) is 47.4 Å². The molecule has 0 bridgehead atoms. The van der Waals surface area contributed by atoms with E-state index in [4.69, 9.17) is 11.6 Å². The summed E-state index contributed by atoms with van der Waals surface area (Å²) in [5.74, 6) is 0.958. The van der Waals surface area contributed by atoms with E-state index in [9.17, 15) is 4.79 Å². The Morgan fingerprint density at radius 1 is 1.25 bits per heavy atom. The first-order valence-electron chi connectivity index (χ1n) is 6.53. The Kier molecular flexibility index (Phi) is 3.60. The Bertz CT molecular complexity index is 590. The SMILES string of the molecule is O=C(c1cc(Cl)c[nH]1)N1CCN(c2ccccn2)CC1. The summed E-state index contributed by atoms with van der Waals surface area (Å²) in [5, 5.41) is 0.556. The molecule has 0 aromatic carbocycles. The standard InChI is InChI=1S/C14H15ClN4O/c15-11-9-12(17-10-11)14(20)19-7-5-18(6-8-19)13-3-1-2-4-16-13/h1-4,9-10,17H,5-8H2. The van der Waals surface area contributed by atoms with Gasteiger partial charge in [-0.05, 0) is 18.2 Å². The summed E-state index contributed by atoms with van der Waals surface area (Å²) < 4.78 is 0. The molecule has 20 heavy (non-hydrogen) atoms. The zero-order valence-corrected chi connectivity index (χ0v) is 11.7. The monoisotopic (exact) mass is 290 g/mol. The highest BCUT2D eigenvalue weighted by molar-refractivity contribution is 6.30. The number of rotatable bonds is 2. The molecular weight excluding hydrogens is 276 g/mol. The fourth-order valence-electron chi connectivity index (χ4n) is 2.34. The van der Waals surface area contributed by atoms with Crippen molar-refractivity contribution in [2.45, 2.75) is 0 Å². The second-order valence-electron chi connectivity index (χ2n) is 4.70. The second kappa shape index (κ2) is 5.54. The number of anilines is 1. The molecule has 3 rings (SSSR count). The topological polar surface area (TPSA) is 52.2 Å². The first-order valence-corrected chi connectivity index (χ1v) is 6.91. The van der Waals surface area contributed by atoms with Crippen LogP contribution in [-0.4, -0.2) is 47.0 Å². The van der Waals surface area contributed by atoms with Crippen molar-refractivity contribution in [1.29, 1.82) is 0 Å². The van der Waals surface area contributed by atoms with E-state index in [2.05, 4.69) is 14.9 Å². The number of pyridine rings is 1. The minimum Gasteiger partial charge on any atom is -0.356 e. The van der Waals surface area contributed by atoms with E-state index < -0.39 is 0 Å². The van der Waals surface area contributed by atoms with E-state index in [1.165, 1.54) is 0 Å². The Balaban J connectivity index is 1.63. The largest absolute Gasteiger partial charge is 0.356 e. The molecule has 0 radical (unpaired) electrons. The number of hydrogen-bond donors (Lipinski definition) is 1. The Hall–Kier alpha value is -2.01. The molecule has 0 aliphatic carbocycles. The summed E-state index contributed by atoms with van der Waals surface area (Å²) in [6.07, 6.45) is 3.41. The minimum atomic E-state index is -0.00225. The van der Waals surface area contributed by atoms with Crippen LogP contribution < -0.4 is 4.90 Å². The molecule has 104 valence electrons. The fraction of sp³-hybridized carbons (Fsp3) is 0.286. The van der Waals surface area contributed by atoms with Gasteiger partial charge >= 0.3 is 0 Å². The maximum absolute atomic E-state index is 12.3. The van der Waals surface area contributed by atoms with Gasteiger partial charge in [0.1, 0.15) is 11.5 Å². The number of piperazine rings is 1. The maximum atomic E-state index is 12.3. The van der Waals surface area contributed by atoms with Crippen molar-refractivity contribution in [2.75, 3.05) is 31.1 Å². The molecule has 1 aliphatic rings. The van der Waals surface area contributed by atoms with Gasteiger partial charge in [-0.2, -0.15) is 0 Å². The molecule has 1 saturated heterocycles. The van der Waals surface area contributed by atoms with E-state index in [1.807, 2.05) is 23.1 Å². The molecule has 2 aromatic heterocycles. The number of aromatic nitrogens is 2. The summed E-state index contributed by atoms with van der Waals surface area (Å²) in [5.41, 5.74) is 0.543. The lowest BCUT2D eigenvalue weighted by atomic mass is 10.2. The molecule has 2 aromatic rings. The average Bonchev–Trinajstić information content (AvgIpc) is 2.94. The molecule has 0 unspecified atom stereocenters. The van der Waals surface area contributed by atoms with Crippen LogP contribution in [0.15, 0.2) is 36.7 Å². The molecule has 6 heteroatoms. The lowest BCUT2D eigenvalue weighted by molar-refractivity contribution is 0.0741. The molecule has 1 aliphatic heterocycles. The first kappa shape index (κ1) is 13.0. The third kappa shape index (κ3) is 2.63. The van der Waals surface area contributed by atoms with E-state index in [-0.39, 0.29) is 5.91 Å². The van der Waals surface area contributed by atoms with Crippen LogP contribution in [0.2, 0.25) is 5.02 Å². The van der Waals surface area contributed by atoms with Gasteiger partial charge in [0, 0.05) is 38.6 Å². The van der Waals surface area contributed by atoms with Crippen LogP contribution in [0.5, 0.6) is 0 Å². The summed E-state index contributed by atoms with van der Waals surface area (Å²) in [6.45, 7) is 2.95. The number of hydrogen-bond acceptors (Lipinski definition) is 3. The molecular formula is C14H15ClN4O. The van der Waals surface area contributed by atoms with Crippen LogP contribution in [0.25, 0.3) is 0 Å². The van der Waals surface area contributed by atoms with Gasteiger partial charge in [0.25, 0.3) is 5.91 Å². The number of carbonyl (C=O) groups is 1. The molecule has 5 nitrogen and oxygen atoms in total. The van der Waals surface area contributed by atoms with E-state index >= 15 is 0 Å². The quantitative estimate of drug-likeness (QED) is 0.921. The Labute approximate surface area is 122 Å². The Morgan fingerprint density at radius 2 is 2.05 bits per heavy atom. The van der Waals surface area contributed by atoms with Gasteiger partial charge in [-0.25, -0.2) is 4.98 Å². The predicted molar refractivity (Wildman–Crippen MR) is 78.2 cm³/mol. The third-order valence-electron chi connectivity index (χ3n) is 3.42. The molecule has 3 heterocycles. The highest BCUT2D eigenvalue weighted by Crippen LogP contribution is 2.15. The molecule has 1 amide bonds. The molecule has 0 atom stereocenters. The molecule has 0 saturated carbocycles. The van der Waals surface area contributed by atoms with E-state index in [0.29, 0.717) is 23.8 Å². The lowest BCUT2D eigenvalue weighted by Crippen LogP contribution is -2.49. The number of carbonyl (C=O) groups excluding carboxylic acids is 1. The van der Waals surface area contributed by atoms with Crippen LogP contribution in [0, 0.1) is 0 Å². The summed E-state index contributed by atoms with van der Waals surface area (Å²) in [7, 11) is 0. The predicted octanol–water partition coefficient (Wildman–Crippen LogP) is 2.03. The molecule has 1 fully saturated rings. The third-order valence-corrected chi connectivity index (χ3v) is 3.64. The van der Waals surface area contributed by atoms with Gasteiger partial charge < -0.3 is 14.8 Å². The van der Waals surface area contributed by atoms with Crippen molar-refractivity contribution in [1.82, 2.24) is 14.9 Å². The van der Waals surface area contributed by atoms with E-state index in [0.717, 1.165) is 18.9 Å². The van der Waals surface area contributed by atoms with Gasteiger partial charge in [-0.3, -0.25) is 4.79 Å². The van der Waals surface area contributed by atoms with E-state index in [1.54, 1.807) is 18.5 Å². The van der Waals surface area contributed by atoms with Crippen LogP contribution in [0.3, 0.4) is 0 Å². The van der Waals surface area contributed by atoms with Gasteiger partial charge in [0.05, 0.1) is 5.02 Å². The highest BCUT2D eigenvalue weighted by atomic mass is 35.5. The minimum absolute atomic E-state index is 0.00225. The van der Waals surface area contributed by atoms with Crippen LogP contribution in [0.4, 0.5) is 5.82 Å². The number of halogens is 1. The van der Waals surface area contributed by atoms with Crippen LogP contribution in [0.1, 0.15) is 10.5 Å². The van der Waals surface area contributed by atoms with Gasteiger partial charge in [0.2, 0.25) is 0 Å². The zero-order chi connectivity index (χ0) is 13.9. The number of H-pyrrole nitrogens is 1. The second-order valence-corrected chi connectivity index (χ2v) is 5.14. The number of nitrogens with one attached hydrogen (secondary N) is 1. The number of aromatic amines is 1. The van der Waals surface area contributed by atoms with Crippen LogP contribution in [-0.2, 0) is 0 Å². The normalized spacial score (nSPS) is 15.4. The molecule has 1 N–H and O–H groups in total. The van der Waals surface area contributed by atoms with Crippen molar-refractivity contribution in [2.24, 2.45) is 0 Å². The lowest BCUT2D eigenvalue weighted by Gasteiger charge is -2.35. The van der Waals surface area contributed by atoms with Gasteiger partial charge in [-0.15, -0.1) is 0 Å². The van der Waals surface area contributed by atoms with Crippen molar-refractivity contribution < 1.29 is 4.79 Å². The first-order chi connectivity index (χ1) is 9.74. The summed E-state index contributed by atoms with van der Waals surface area (Å²) >= 11 is 5.83. The number of nitrogens with zero attached hydrogens (tertiary/aromatic N) is 3. The Morgan fingerprint density at radius 3 is 2.65 bits per heavy atom. The van der Waals surface area contributed by atoms with Crippen molar-refractivity contribution in [3.63, 3.8) is 0 Å². The zero-order valence-electron chi connectivity index (χ0n) is 10.9. The van der Waals surface area contributed by atoms with Crippen molar-refractivity contribution >= 4 is 23.3 Å². The van der Waals surface area contributed by atoms with Gasteiger partial charge in [0.15, 0.2) is 0 Å². The molecule has 0 spiro atoms. The highest BCUT2D eigenvalue weighted by Gasteiger charge is 2.23. The van der Waals surface area contributed by atoms with Gasteiger partial charge in [-0.1, -0.05) is 17.7 Å². The summed E-state index contributed by atoms with van der Waals surface area (Å²) in [4.78, 5) is 23.5. The fourth-order valence-corrected chi connectivity index (χ4v) is 2.50. The smallest absolute Gasteiger partial charge is 0.270 e. The average molecular weight is 291 g/mol. The van der Waals surface area contributed by atoms with Crippen LogP contribution >= 0.6 is 11.6 Å². The summed E-state index contributed by atoms with van der Waals surface area (Å²) in [6, 6.07) is 7.52. The number of amides is 1. The maximum Gasteiger partial charge on any atom is 0.270 e. The van der Waals surface area contributed by atoms with Crippen molar-refractivity contribution in [3.8, 4) is 0 Å².